The molecule has 1 amide bonds. The highest BCUT2D eigenvalue weighted by Gasteiger charge is 2.27. The van der Waals surface area contributed by atoms with Crippen LogP contribution in [-0.2, 0) is 9.68 Å². The second-order valence-corrected chi connectivity index (χ2v) is 4.95. The van der Waals surface area contributed by atoms with Gasteiger partial charge in [-0.25, -0.2) is 14.5 Å². The van der Waals surface area contributed by atoms with E-state index >= 15 is 0 Å². The van der Waals surface area contributed by atoms with Crippen molar-refractivity contribution in [1.82, 2.24) is 5.23 Å². The van der Waals surface area contributed by atoms with Gasteiger partial charge in [-0.2, -0.15) is 0 Å². The van der Waals surface area contributed by atoms with E-state index in [2.05, 4.69) is 0 Å². The zero-order valence-corrected chi connectivity index (χ0v) is 9.62. The highest BCUT2D eigenvalue weighted by molar-refractivity contribution is 5.62. The van der Waals surface area contributed by atoms with Gasteiger partial charge in [0.2, 0.25) is 0 Å². The van der Waals surface area contributed by atoms with Crippen LogP contribution in [0.25, 0.3) is 0 Å². The van der Waals surface area contributed by atoms with Gasteiger partial charge in [0, 0.05) is 0 Å². The normalized spacial score (nSPS) is 12.7. The highest BCUT2D eigenvalue weighted by atomic mass is 17.0. The van der Waals surface area contributed by atoms with Crippen LogP contribution in [0.15, 0.2) is 0 Å². The quantitative estimate of drug-likeness (QED) is 0.703. The Hall–Kier alpha value is -0.810. The molecule has 0 saturated carbocycles. The first-order valence-electron chi connectivity index (χ1n) is 4.42. The Kier molecular flexibility index (Phi) is 3.91. The number of carboxylic acid groups (broad SMARTS) is 1. The summed E-state index contributed by atoms with van der Waals surface area (Å²) < 4.78 is 0. The molecular formula is C9H19NO4. The average molecular weight is 205 g/mol. The molecule has 0 bridgehead atoms. The number of amides is 1. The predicted octanol–water partition coefficient (Wildman–Crippen LogP) is 2.43. The smallest absolute Gasteiger partial charge is 0.457 e. The number of hydroxylamine groups is 2. The molecule has 0 aromatic heterocycles. The van der Waals surface area contributed by atoms with Crippen LogP contribution in [0, 0.1) is 0 Å². The van der Waals surface area contributed by atoms with Crippen LogP contribution in [0.1, 0.15) is 41.5 Å². The molecule has 5 nitrogen and oxygen atoms in total. The fourth-order valence-electron chi connectivity index (χ4n) is 0.594. The molecule has 1 N–H and O–H groups in total. The van der Waals surface area contributed by atoms with E-state index in [1.807, 2.05) is 0 Å². The Morgan fingerprint density at radius 3 is 1.43 bits per heavy atom. The Bertz CT molecular complexity index is 186. The second kappa shape index (κ2) is 4.14. The van der Waals surface area contributed by atoms with Gasteiger partial charge < -0.3 is 5.11 Å². The zero-order valence-electron chi connectivity index (χ0n) is 9.62. The molecule has 0 rings (SSSR count). The number of hydrogen-bond donors (Lipinski definition) is 1. The van der Waals surface area contributed by atoms with Crippen molar-refractivity contribution in [2.75, 3.05) is 0 Å². The SMILES string of the molecule is CC(C)(C)ON(OC(C)(C)C)C(=O)O. The number of carbonyl (C=O) groups is 1. The lowest BCUT2D eigenvalue weighted by atomic mass is 10.2. The highest BCUT2D eigenvalue weighted by Crippen LogP contribution is 2.16. The summed E-state index contributed by atoms with van der Waals surface area (Å²) >= 11 is 0. The maximum atomic E-state index is 10.7. The van der Waals surface area contributed by atoms with E-state index in [-0.39, 0.29) is 0 Å². The van der Waals surface area contributed by atoms with Gasteiger partial charge in [-0.15, -0.1) is 0 Å². The summed E-state index contributed by atoms with van der Waals surface area (Å²) in [6, 6.07) is 0. The number of rotatable bonds is 2. The third kappa shape index (κ3) is 6.68. The molecule has 0 radical (unpaired) electrons. The van der Waals surface area contributed by atoms with Crippen molar-refractivity contribution in [3.63, 3.8) is 0 Å². The van der Waals surface area contributed by atoms with E-state index in [0.717, 1.165) is 0 Å². The zero-order chi connectivity index (χ0) is 11.6. The predicted molar refractivity (Wildman–Crippen MR) is 51.5 cm³/mol. The van der Waals surface area contributed by atoms with Crippen LogP contribution in [0.4, 0.5) is 4.79 Å². The lowest BCUT2D eigenvalue weighted by Gasteiger charge is -2.30. The molecule has 5 heteroatoms. The van der Waals surface area contributed by atoms with Crippen molar-refractivity contribution >= 4 is 6.09 Å². The Morgan fingerprint density at radius 2 is 1.29 bits per heavy atom. The van der Waals surface area contributed by atoms with E-state index < -0.39 is 17.3 Å². The maximum Gasteiger partial charge on any atom is 0.457 e. The molecule has 0 fully saturated rings. The van der Waals surface area contributed by atoms with Crippen molar-refractivity contribution in [1.29, 1.82) is 0 Å². The van der Waals surface area contributed by atoms with E-state index in [0.29, 0.717) is 5.23 Å². The van der Waals surface area contributed by atoms with Crippen molar-refractivity contribution in [3.05, 3.63) is 0 Å². The third-order valence-corrected chi connectivity index (χ3v) is 0.870. The molecule has 0 aromatic rings. The monoisotopic (exact) mass is 205 g/mol. The van der Waals surface area contributed by atoms with E-state index in [1.54, 1.807) is 41.5 Å². The van der Waals surface area contributed by atoms with E-state index in [1.165, 1.54) is 0 Å². The van der Waals surface area contributed by atoms with Crippen LogP contribution in [0.3, 0.4) is 0 Å². The molecule has 0 spiro atoms. The topological polar surface area (TPSA) is 59.0 Å². The number of nitrogens with zero attached hydrogens (tertiary/aromatic N) is 1. The van der Waals surface area contributed by atoms with Gasteiger partial charge in [0.05, 0.1) is 11.2 Å². The van der Waals surface area contributed by atoms with Crippen molar-refractivity contribution in [2.24, 2.45) is 0 Å². The van der Waals surface area contributed by atoms with Crippen LogP contribution >= 0.6 is 0 Å². The minimum Gasteiger partial charge on any atom is -0.462 e. The summed E-state index contributed by atoms with van der Waals surface area (Å²) in [5, 5.41) is 9.28. The fourth-order valence-corrected chi connectivity index (χ4v) is 0.594. The average Bonchev–Trinajstić information content (AvgIpc) is 1.78. The van der Waals surface area contributed by atoms with Crippen LogP contribution in [0.5, 0.6) is 0 Å². The summed E-state index contributed by atoms with van der Waals surface area (Å²) in [4.78, 5) is 20.9. The number of hydrogen-bond acceptors (Lipinski definition) is 3. The molecule has 0 aromatic carbocycles. The lowest BCUT2D eigenvalue weighted by Crippen LogP contribution is -2.42. The molecule has 0 saturated heterocycles. The minimum absolute atomic E-state index is 0.500. The second-order valence-electron chi connectivity index (χ2n) is 4.95. The first-order valence-corrected chi connectivity index (χ1v) is 4.42. The van der Waals surface area contributed by atoms with Crippen LogP contribution in [-0.4, -0.2) is 27.6 Å². The summed E-state index contributed by atoms with van der Waals surface area (Å²) in [6.45, 7) is 10.5. The summed E-state index contributed by atoms with van der Waals surface area (Å²) in [7, 11) is 0. The lowest BCUT2D eigenvalue weighted by molar-refractivity contribution is -0.398. The molecule has 0 unspecified atom stereocenters. The molecule has 84 valence electrons. The van der Waals surface area contributed by atoms with Crippen LogP contribution < -0.4 is 0 Å². The fraction of sp³-hybridized carbons (Fsp3) is 0.889. The molecule has 14 heavy (non-hydrogen) atoms. The summed E-state index contributed by atoms with van der Waals surface area (Å²) in [6.07, 6.45) is -1.27. The van der Waals surface area contributed by atoms with Gasteiger partial charge in [0.25, 0.3) is 0 Å². The molecule has 0 aliphatic carbocycles. The Labute approximate surface area is 84.5 Å². The van der Waals surface area contributed by atoms with Gasteiger partial charge in [-0.05, 0) is 46.8 Å². The van der Waals surface area contributed by atoms with Gasteiger partial charge in [0.15, 0.2) is 0 Å². The summed E-state index contributed by atoms with van der Waals surface area (Å²) in [5.41, 5.74) is -1.21. The van der Waals surface area contributed by atoms with E-state index in [4.69, 9.17) is 14.8 Å². The maximum absolute atomic E-state index is 10.7. The largest absolute Gasteiger partial charge is 0.462 e. The molecular weight excluding hydrogens is 186 g/mol. The summed E-state index contributed by atoms with van der Waals surface area (Å²) in [5.74, 6) is 0. The van der Waals surface area contributed by atoms with Gasteiger partial charge >= 0.3 is 6.09 Å². The van der Waals surface area contributed by atoms with E-state index in [9.17, 15) is 4.79 Å². The Balaban J connectivity index is 4.40. The standard InChI is InChI=1S/C9H19NO4/c1-8(2,3)13-10(7(11)12)14-9(4,5)6/h1-6H3,(H,11,12). The van der Waals surface area contributed by atoms with Crippen molar-refractivity contribution in [3.8, 4) is 0 Å². The third-order valence-electron chi connectivity index (χ3n) is 0.870. The van der Waals surface area contributed by atoms with Crippen molar-refractivity contribution < 1.29 is 19.6 Å². The first-order chi connectivity index (χ1) is 6.01. The molecule has 0 atom stereocenters. The molecule has 0 aliphatic rings. The van der Waals surface area contributed by atoms with Gasteiger partial charge in [0.1, 0.15) is 0 Å². The molecule has 0 aliphatic heterocycles. The van der Waals surface area contributed by atoms with Gasteiger partial charge in [-0.3, -0.25) is 0 Å². The molecule has 0 heterocycles. The Morgan fingerprint density at radius 1 is 1.00 bits per heavy atom. The first kappa shape index (κ1) is 13.2. The van der Waals surface area contributed by atoms with Crippen molar-refractivity contribution in [2.45, 2.75) is 52.7 Å². The van der Waals surface area contributed by atoms with Crippen LogP contribution in [0.2, 0.25) is 0 Å². The van der Waals surface area contributed by atoms with Gasteiger partial charge in [-0.1, -0.05) is 0 Å². The minimum atomic E-state index is -1.27.